The summed E-state index contributed by atoms with van der Waals surface area (Å²) in [6, 6.07) is 12.4. The number of hydrogen-bond acceptors (Lipinski definition) is 5. The van der Waals surface area contributed by atoms with Crippen LogP contribution in [0.2, 0.25) is 0 Å². The molecule has 1 amide bonds. The standard InChI is InChI=1S/C23H26N2O5/c1-5-25-14-17(16-8-6-7-9-19(16)25)23(27)24-18(13-22(26)30-4)15-10-11-20(28-2)21(12-15)29-3/h6-12,14,18H,5,13H2,1-4H3,(H,24,27)/t18-/m0/s1. The van der Waals surface area contributed by atoms with Gasteiger partial charge in [-0.05, 0) is 30.7 Å². The average Bonchev–Trinajstić information content (AvgIpc) is 3.17. The molecule has 7 heteroatoms. The summed E-state index contributed by atoms with van der Waals surface area (Å²) in [7, 11) is 4.41. The number of ether oxygens (including phenoxy) is 3. The molecule has 3 aromatic rings. The number of benzene rings is 2. The average molecular weight is 410 g/mol. The molecule has 0 fully saturated rings. The summed E-state index contributed by atoms with van der Waals surface area (Å²) in [6.07, 6.45) is 1.83. The summed E-state index contributed by atoms with van der Waals surface area (Å²) < 4.78 is 17.5. The molecule has 0 aliphatic carbocycles. The predicted octanol–water partition coefficient (Wildman–Crippen LogP) is 3.71. The maximum absolute atomic E-state index is 13.2. The van der Waals surface area contributed by atoms with Crippen LogP contribution in [0.4, 0.5) is 0 Å². The first-order valence-corrected chi connectivity index (χ1v) is 9.69. The van der Waals surface area contributed by atoms with E-state index in [1.165, 1.54) is 14.2 Å². The number of carbonyl (C=O) groups excluding carboxylic acids is 2. The molecule has 1 heterocycles. The lowest BCUT2D eigenvalue weighted by Crippen LogP contribution is -2.30. The first-order chi connectivity index (χ1) is 14.5. The summed E-state index contributed by atoms with van der Waals surface area (Å²) >= 11 is 0. The number of aryl methyl sites for hydroxylation is 1. The summed E-state index contributed by atoms with van der Waals surface area (Å²) in [5, 5.41) is 3.85. The zero-order valence-electron chi connectivity index (χ0n) is 17.6. The molecule has 0 spiro atoms. The van der Waals surface area contributed by atoms with Gasteiger partial charge in [-0.1, -0.05) is 24.3 Å². The summed E-state index contributed by atoms with van der Waals surface area (Å²) in [6.45, 7) is 2.77. The van der Waals surface area contributed by atoms with Gasteiger partial charge in [0.15, 0.2) is 11.5 Å². The molecule has 158 valence electrons. The Hall–Kier alpha value is -3.48. The van der Waals surface area contributed by atoms with Crippen LogP contribution in [0.3, 0.4) is 0 Å². The van der Waals surface area contributed by atoms with Gasteiger partial charge in [0.05, 0.1) is 39.4 Å². The molecule has 0 saturated heterocycles. The highest BCUT2D eigenvalue weighted by Crippen LogP contribution is 2.31. The first-order valence-electron chi connectivity index (χ1n) is 9.69. The van der Waals surface area contributed by atoms with Gasteiger partial charge in [-0.3, -0.25) is 9.59 Å². The fraction of sp³-hybridized carbons (Fsp3) is 0.304. The first kappa shape index (κ1) is 21.2. The van der Waals surface area contributed by atoms with Gasteiger partial charge in [-0.15, -0.1) is 0 Å². The number of esters is 1. The van der Waals surface area contributed by atoms with Gasteiger partial charge in [0, 0.05) is 23.6 Å². The van der Waals surface area contributed by atoms with Crippen LogP contribution >= 0.6 is 0 Å². The highest BCUT2D eigenvalue weighted by Gasteiger charge is 2.23. The van der Waals surface area contributed by atoms with Crippen LogP contribution in [0.15, 0.2) is 48.7 Å². The largest absolute Gasteiger partial charge is 0.493 e. The molecular formula is C23H26N2O5. The third-order valence-electron chi connectivity index (χ3n) is 5.09. The SMILES string of the molecule is CCn1cc(C(=O)N[C@@H](CC(=O)OC)c2ccc(OC)c(OC)c2)c2ccccc21. The lowest BCUT2D eigenvalue weighted by Gasteiger charge is -2.19. The summed E-state index contributed by atoms with van der Waals surface area (Å²) in [5.74, 6) is 0.394. The van der Waals surface area contributed by atoms with Gasteiger partial charge >= 0.3 is 5.97 Å². The summed E-state index contributed by atoms with van der Waals surface area (Å²) in [4.78, 5) is 25.2. The minimum Gasteiger partial charge on any atom is -0.493 e. The Morgan fingerprint density at radius 2 is 1.77 bits per heavy atom. The summed E-state index contributed by atoms with van der Waals surface area (Å²) in [5.41, 5.74) is 2.26. The maximum Gasteiger partial charge on any atom is 0.307 e. The minimum absolute atomic E-state index is 0.00978. The fourth-order valence-corrected chi connectivity index (χ4v) is 3.50. The highest BCUT2D eigenvalue weighted by molar-refractivity contribution is 6.07. The van der Waals surface area contributed by atoms with E-state index in [9.17, 15) is 9.59 Å². The highest BCUT2D eigenvalue weighted by atomic mass is 16.5. The number of para-hydroxylation sites is 1. The van der Waals surface area contributed by atoms with Crippen LogP contribution < -0.4 is 14.8 Å². The maximum atomic E-state index is 13.2. The van der Waals surface area contributed by atoms with Crippen molar-refractivity contribution in [3.05, 3.63) is 59.8 Å². The molecule has 0 saturated carbocycles. The lowest BCUT2D eigenvalue weighted by atomic mass is 10.0. The predicted molar refractivity (Wildman–Crippen MR) is 114 cm³/mol. The molecule has 2 aromatic carbocycles. The molecule has 0 aliphatic rings. The van der Waals surface area contributed by atoms with Gasteiger partial charge in [0.25, 0.3) is 5.91 Å². The van der Waals surface area contributed by atoms with E-state index in [1.807, 2.05) is 42.0 Å². The zero-order chi connectivity index (χ0) is 21.7. The van der Waals surface area contributed by atoms with Crippen molar-refractivity contribution in [2.75, 3.05) is 21.3 Å². The smallest absolute Gasteiger partial charge is 0.307 e. The van der Waals surface area contributed by atoms with E-state index in [0.29, 0.717) is 22.6 Å². The van der Waals surface area contributed by atoms with E-state index in [1.54, 1.807) is 25.3 Å². The van der Waals surface area contributed by atoms with Crippen LogP contribution in [0.5, 0.6) is 11.5 Å². The number of amides is 1. The minimum atomic E-state index is -0.589. The number of methoxy groups -OCH3 is 3. The van der Waals surface area contributed by atoms with Gasteiger partial charge < -0.3 is 24.1 Å². The number of carbonyl (C=O) groups is 2. The third kappa shape index (κ3) is 4.25. The van der Waals surface area contributed by atoms with E-state index in [2.05, 4.69) is 5.32 Å². The Kier molecular flexibility index (Phi) is 6.61. The van der Waals surface area contributed by atoms with Crippen molar-refractivity contribution in [1.82, 2.24) is 9.88 Å². The molecule has 7 nitrogen and oxygen atoms in total. The molecule has 30 heavy (non-hydrogen) atoms. The second-order valence-electron chi connectivity index (χ2n) is 6.77. The van der Waals surface area contributed by atoms with Crippen molar-refractivity contribution < 1.29 is 23.8 Å². The van der Waals surface area contributed by atoms with Gasteiger partial charge in [0.2, 0.25) is 0 Å². The van der Waals surface area contributed by atoms with E-state index in [0.717, 1.165) is 17.4 Å². The van der Waals surface area contributed by atoms with E-state index >= 15 is 0 Å². The molecule has 1 aromatic heterocycles. The second-order valence-corrected chi connectivity index (χ2v) is 6.77. The van der Waals surface area contributed by atoms with Crippen molar-refractivity contribution in [3.8, 4) is 11.5 Å². The Morgan fingerprint density at radius 1 is 1.03 bits per heavy atom. The number of nitrogens with zero attached hydrogens (tertiary/aromatic N) is 1. The molecule has 1 atom stereocenters. The topological polar surface area (TPSA) is 78.8 Å². The number of aromatic nitrogens is 1. The van der Waals surface area contributed by atoms with E-state index in [4.69, 9.17) is 14.2 Å². The van der Waals surface area contributed by atoms with E-state index in [-0.39, 0.29) is 12.3 Å². The van der Waals surface area contributed by atoms with Gasteiger partial charge in [-0.2, -0.15) is 0 Å². The van der Waals surface area contributed by atoms with E-state index < -0.39 is 12.0 Å². The van der Waals surface area contributed by atoms with Crippen LogP contribution in [-0.2, 0) is 16.1 Å². The Balaban J connectivity index is 1.96. The van der Waals surface area contributed by atoms with Crippen LogP contribution in [-0.4, -0.2) is 37.8 Å². The fourth-order valence-electron chi connectivity index (χ4n) is 3.50. The number of hydrogen-bond donors (Lipinski definition) is 1. The van der Waals surface area contributed by atoms with Crippen LogP contribution in [0.1, 0.15) is 35.3 Å². The third-order valence-corrected chi connectivity index (χ3v) is 5.09. The normalized spacial score (nSPS) is 11.7. The molecule has 0 radical (unpaired) electrons. The molecular weight excluding hydrogens is 384 g/mol. The van der Waals surface area contributed by atoms with Gasteiger partial charge in [-0.25, -0.2) is 0 Å². The van der Waals surface area contributed by atoms with Crippen molar-refractivity contribution in [2.45, 2.75) is 25.9 Å². The lowest BCUT2D eigenvalue weighted by molar-refractivity contribution is -0.141. The van der Waals surface area contributed by atoms with Crippen LogP contribution in [0, 0.1) is 0 Å². The Morgan fingerprint density at radius 3 is 2.43 bits per heavy atom. The molecule has 3 rings (SSSR count). The molecule has 1 N–H and O–H groups in total. The van der Waals surface area contributed by atoms with Crippen molar-refractivity contribution >= 4 is 22.8 Å². The number of rotatable bonds is 8. The molecule has 0 unspecified atom stereocenters. The van der Waals surface area contributed by atoms with Crippen LogP contribution in [0.25, 0.3) is 10.9 Å². The Bertz CT molecular complexity index is 1060. The van der Waals surface area contributed by atoms with Crippen molar-refractivity contribution in [1.29, 1.82) is 0 Å². The van der Waals surface area contributed by atoms with Crippen molar-refractivity contribution in [3.63, 3.8) is 0 Å². The zero-order valence-corrected chi connectivity index (χ0v) is 17.6. The molecule has 0 bridgehead atoms. The van der Waals surface area contributed by atoms with Gasteiger partial charge in [0.1, 0.15) is 0 Å². The molecule has 0 aliphatic heterocycles. The second kappa shape index (κ2) is 9.35. The number of nitrogens with one attached hydrogen (secondary N) is 1. The number of fused-ring (bicyclic) bond motifs is 1. The Labute approximate surface area is 175 Å². The van der Waals surface area contributed by atoms with Crippen molar-refractivity contribution in [2.24, 2.45) is 0 Å². The monoisotopic (exact) mass is 410 g/mol. The quantitative estimate of drug-likeness (QED) is 0.573.